The molecule has 0 fully saturated rings. The number of rotatable bonds is 13. The highest BCUT2D eigenvalue weighted by molar-refractivity contribution is 6.32. The minimum absolute atomic E-state index is 0.223. The van der Waals surface area contributed by atoms with E-state index in [1.807, 2.05) is 54.6 Å². The third-order valence-electron chi connectivity index (χ3n) is 7.84. The van der Waals surface area contributed by atoms with Gasteiger partial charge in [0, 0.05) is 37.9 Å². The zero-order valence-electron chi connectivity index (χ0n) is 24.4. The van der Waals surface area contributed by atoms with Crippen molar-refractivity contribution in [2.45, 2.75) is 45.5 Å². The smallest absolute Gasteiger partial charge is 0.417 e. The summed E-state index contributed by atoms with van der Waals surface area (Å²) in [6.07, 6.45) is -3.88. The minimum atomic E-state index is -4.53. The summed E-state index contributed by atoms with van der Waals surface area (Å²) in [7, 11) is 0. The molecular formula is C35H38ClF3N2O. The van der Waals surface area contributed by atoms with Gasteiger partial charge in [0.05, 0.1) is 22.7 Å². The average molecular weight is 595 g/mol. The number of benzene rings is 4. The van der Waals surface area contributed by atoms with Gasteiger partial charge in [-0.3, -0.25) is 4.90 Å². The molecule has 0 aliphatic rings. The molecule has 4 aromatic carbocycles. The van der Waals surface area contributed by atoms with Crippen LogP contribution in [0.3, 0.4) is 0 Å². The van der Waals surface area contributed by atoms with Crippen LogP contribution in [0.15, 0.2) is 103 Å². The lowest BCUT2D eigenvalue weighted by molar-refractivity contribution is -0.137. The molecule has 222 valence electrons. The standard InChI is InChI=1S/C35H38ClF3N2O/c1-4-40(5-2)30-20-13-21-31(25-30)42-24-14-23-41(26-27-15-12-22-32(33(27)36)35(37,38)39)34(3,28-16-8-6-9-17-28)29-18-10-7-11-19-29/h6-13,15-22,25H,4-5,14,23-24,26H2,1-3H3. The Kier molecular flexibility index (Phi) is 10.6. The predicted octanol–water partition coefficient (Wildman–Crippen LogP) is 9.44. The van der Waals surface area contributed by atoms with Crippen molar-refractivity contribution in [2.24, 2.45) is 0 Å². The molecule has 0 saturated heterocycles. The summed E-state index contributed by atoms with van der Waals surface area (Å²) in [5.74, 6) is 0.792. The van der Waals surface area contributed by atoms with E-state index in [4.69, 9.17) is 16.3 Å². The van der Waals surface area contributed by atoms with E-state index in [1.165, 1.54) is 6.07 Å². The van der Waals surface area contributed by atoms with Crippen LogP contribution in [0.5, 0.6) is 5.75 Å². The highest BCUT2D eigenvalue weighted by atomic mass is 35.5. The van der Waals surface area contributed by atoms with E-state index >= 15 is 0 Å². The molecule has 0 radical (unpaired) electrons. The highest BCUT2D eigenvalue weighted by Crippen LogP contribution is 2.40. The van der Waals surface area contributed by atoms with Gasteiger partial charge >= 0.3 is 6.18 Å². The monoisotopic (exact) mass is 594 g/mol. The fraction of sp³-hybridized carbons (Fsp3) is 0.314. The van der Waals surface area contributed by atoms with Crippen molar-refractivity contribution in [3.8, 4) is 5.75 Å². The maximum atomic E-state index is 13.7. The molecule has 4 rings (SSSR count). The number of anilines is 1. The van der Waals surface area contributed by atoms with Crippen molar-refractivity contribution in [2.75, 3.05) is 31.1 Å². The SMILES string of the molecule is CCN(CC)c1cccc(OCCCN(Cc2cccc(C(F)(F)F)c2Cl)C(C)(c2ccccc2)c2ccccc2)c1. The van der Waals surface area contributed by atoms with Crippen molar-refractivity contribution in [3.63, 3.8) is 0 Å². The first kappa shape index (κ1) is 31.5. The molecular weight excluding hydrogens is 557 g/mol. The number of alkyl halides is 3. The first-order valence-corrected chi connectivity index (χ1v) is 14.7. The molecule has 42 heavy (non-hydrogen) atoms. The third-order valence-corrected chi connectivity index (χ3v) is 8.28. The topological polar surface area (TPSA) is 15.7 Å². The van der Waals surface area contributed by atoms with Gasteiger partial charge in [-0.05, 0) is 62.1 Å². The summed E-state index contributed by atoms with van der Waals surface area (Å²) in [6.45, 7) is 9.41. The Bertz CT molecular complexity index is 1370. The number of hydrogen-bond donors (Lipinski definition) is 0. The number of hydrogen-bond acceptors (Lipinski definition) is 3. The van der Waals surface area contributed by atoms with Crippen molar-refractivity contribution < 1.29 is 17.9 Å². The summed E-state index contributed by atoms with van der Waals surface area (Å²) in [5, 5.41) is -0.261. The molecule has 0 N–H and O–H groups in total. The summed E-state index contributed by atoms with van der Waals surface area (Å²) < 4.78 is 47.4. The van der Waals surface area contributed by atoms with E-state index in [-0.39, 0.29) is 11.6 Å². The maximum absolute atomic E-state index is 13.7. The van der Waals surface area contributed by atoms with Crippen molar-refractivity contribution >= 4 is 17.3 Å². The molecule has 0 aliphatic carbocycles. The van der Waals surface area contributed by atoms with E-state index in [9.17, 15) is 13.2 Å². The van der Waals surface area contributed by atoms with Crippen molar-refractivity contribution in [1.82, 2.24) is 4.90 Å². The fourth-order valence-electron chi connectivity index (χ4n) is 5.45. The van der Waals surface area contributed by atoms with Crippen molar-refractivity contribution in [1.29, 1.82) is 0 Å². The number of ether oxygens (including phenoxy) is 1. The molecule has 0 heterocycles. The van der Waals surface area contributed by atoms with Gasteiger partial charge in [-0.15, -0.1) is 0 Å². The Labute approximate surface area is 252 Å². The Morgan fingerprint density at radius 2 is 1.36 bits per heavy atom. The molecule has 0 aromatic heterocycles. The molecule has 0 saturated carbocycles. The second-order valence-electron chi connectivity index (χ2n) is 10.4. The second-order valence-corrected chi connectivity index (χ2v) is 10.8. The molecule has 4 aromatic rings. The summed E-state index contributed by atoms with van der Waals surface area (Å²) >= 11 is 6.41. The van der Waals surface area contributed by atoms with Crippen molar-refractivity contribution in [3.05, 3.63) is 130 Å². The van der Waals surface area contributed by atoms with Gasteiger partial charge in [0.1, 0.15) is 5.75 Å². The van der Waals surface area contributed by atoms with E-state index in [0.29, 0.717) is 25.1 Å². The first-order chi connectivity index (χ1) is 20.2. The second kappa shape index (κ2) is 14.1. The maximum Gasteiger partial charge on any atom is 0.417 e. The van der Waals surface area contributed by atoms with Gasteiger partial charge in [-0.2, -0.15) is 13.2 Å². The summed E-state index contributed by atoms with van der Waals surface area (Å²) in [5.41, 5.74) is 2.14. The molecule has 0 atom stereocenters. The Morgan fingerprint density at radius 1 is 0.762 bits per heavy atom. The quantitative estimate of drug-likeness (QED) is 0.143. The van der Waals surface area contributed by atoms with Gasteiger partial charge in [-0.25, -0.2) is 0 Å². The van der Waals surface area contributed by atoms with Gasteiger partial charge < -0.3 is 9.64 Å². The van der Waals surface area contributed by atoms with E-state index < -0.39 is 17.3 Å². The van der Waals surface area contributed by atoms with Gasteiger partial charge in [0.25, 0.3) is 0 Å². The lowest BCUT2D eigenvalue weighted by Crippen LogP contribution is -2.45. The molecule has 0 unspecified atom stereocenters. The summed E-state index contributed by atoms with van der Waals surface area (Å²) in [4.78, 5) is 4.47. The molecule has 3 nitrogen and oxygen atoms in total. The third kappa shape index (κ3) is 7.29. The Hall–Kier alpha value is -3.48. The molecule has 0 amide bonds. The van der Waals surface area contributed by atoms with Crippen LogP contribution < -0.4 is 9.64 Å². The number of halogens is 4. The van der Waals surface area contributed by atoms with Crippen LogP contribution in [0.25, 0.3) is 0 Å². The van der Waals surface area contributed by atoms with E-state index in [2.05, 4.69) is 60.9 Å². The van der Waals surface area contributed by atoms with Crippen LogP contribution in [0.4, 0.5) is 18.9 Å². The van der Waals surface area contributed by atoms with Gasteiger partial charge in [0.15, 0.2) is 0 Å². The largest absolute Gasteiger partial charge is 0.493 e. The Morgan fingerprint density at radius 3 is 1.93 bits per heavy atom. The fourth-order valence-corrected chi connectivity index (χ4v) is 5.74. The zero-order chi connectivity index (χ0) is 30.2. The summed E-state index contributed by atoms with van der Waals surface area (Å²) in [6, 6.07) is 32.3. The first-order valence-electron chi connectivity index (χ1n) is 14.4. The zero-order valence-corrected chi connectivity index (χ0v) is 25.1. The average Bonchev–Trinajstić information content (AvgIpc) is 3.00. The minimum Gasteiger partial charge on any atom is -0.493 e. The van der Waals surface area contributed by atoms with Crippen LogP contribution in [-0.2, 0) is 18.3 Å². The van der Waals surface area contributed by atoms with E-state index in [0.717, 1.165) is 41.7 Å². The lowest BCUT2D eigenvalue weighted by atomic mass is 9.82. The number of nitrogens with zero attached hydrogens (tertiary/aromatic N) is 2. The van der Waals surface area contributed by atoms with E-state index in [1.54, 1.807) is 6.07 Å². The molecule has 0 spiro atoms. The van der Waals surface area contributed by atoms with Crippen LogP contribution in [0.1, 0.15) is 49.4 Å². The van der Waals surface area contributed by atoms with Crippen LogP contribution in [0, 0.1) is 0 Å². The predicted molar refractivity (Wildman–Crippen MR) is 166 cm³/mol. The van der Waals surface area contributed by atoms with Crippen LogP contribution in [0.2, 0.25) is 5.02 Å². The van der Waals surface area contributed by atoms with Gasteiger partial charge in [-0.1, -0.05) is 90.5 Å². The van der Waals surface area contributed by atoms with Gasteiger partial charge in [0.2, 0.25) is 0 Å². The Balaban J connectivity index is 1.65. The van der Waals surface area contributed by atoms with Crippen LogP contribution >= 0.6 is 11.6 Å². The lowest BCUT2D eigenvalue weighted by Gasteiger charge is -2.43. The molecule has 0 aliphatic heterocycles. The molecule has 0 bridgehead atoms. The normalized spacial score (nSPS) is 12.0. The molecule has 7 heteroatoms. The highest BCUT2D eigenvalue weighted by Gasteiger charge is 2.37. The van der Waals surface area contributed by atoms with Crippen LogP contribution in [-0.4, -0.2) is 31.1 Å².